The van der Waals surface area contributed by atoms with Crippen molar-refractivity contribution in [3.05, 3.63) is 59.9 Å². The number of anilines is 1. The van der Waals surface area contributed by atoms with Gasteiger partial charge in [-0.25, -0.2) is 9.78 Å². The summed E-state index contributed by atoms with van der Waals surface area (Å²) in [6, 6.07) is 12.3. The molecular formula is C23H25F3N4O. The number of halogens is 3. The normalized spacial score (nSPS) is 15.2. The zero-order valence-electron chi connectivity index (χ0n) is 17.1. The molecule has 1 heterocycles. The van der Waals surface area contributed by atoms with Crippen molar-refractivity contribution in [1.82, 2.24) is 14.9 Å². The molecule has 3 aromatic rings. The maximum Gasteiger partial charge on any atom is 0.418 e. The van der Waals surface area contributed by atoms with E-state index < -0.39 is 17.8 Å². The van der Waals surface area contributed by atoms with Crippen LogP contribution < -0.4 is 5.32 Å². The molecular weight excluding hydrogens is 405 g/mol. The average Bonchev–Trinajstić information content (AvgIpc) is 3.17. The van der Waals surface area contributed by atoms with Crippen molar-refractivity contribution in [2.75, 3.05) is 11.9 Å². The zero-order valence-corrected chi connectivity index (χ0v) is 17.1. The van der Waals surface area contributed by atoms with E-state index in [4.69, 9.17) is 0 Å². The number of para-hydroxylation sites is 3. The Morgan fingerprint density at radius 1 is 1.06 bits per heavy atom. The molecule has 0 atom stereocenters. The summed E-state index contributed by atoms with van der Waals surface area (Å²) in [6.07, 6.45) is 0.819. The van der Waals surface area contributed by atoms with Gasteiger partial charge in [-0.05, 0) is 37.1 Å². The van der Waals surface area contributed by atoms with Gasteiger partial charge in [0.05, 0.1) is 22.3 Å². The summed E-state index contributed by atoms with van der Waals surface area (Å²) in [5.41, 5.74) is 0.712. The van der Waals surface area contributed by atoms with Gasteiger partial charge in [-0.15, -0.1) is 0 Å². The monoisotopic (exact) mass is 430 g/mol. The molecule has 0 bridgehead atoms. The van der Waals surface area contributed by atoms with Gasteiger partial charge in [-0.1, -0.05) is 43.5 Å². The minimum atomic E-state index is -4.53. The van der Waals surface area contributed by atoms with Gasteiger partial charge in [0.15, 0.2) is 0 Å². The van der Waals surface area contributed by atoms with Crippen LogP contribution in [-0.4, -0.2) is 33.5 Å². The van der Waals surface area contributed by atoms with Crippen molar-refractivity contribution in [3.8, 4) is 0 Å². The fourth-order valence-electron chi connectivity index (χ4n) is 4.22. The number of benzene rings is 2. The summed E-state index contributed by atoms with van der Waals surface area (Å²) >= 11 is 0. The number of carbonyl (C=O) groups is 1. The van der Waals surface area contributed by atoms with Crippen molar-refractivity contribution < 1.29 is 18.0 Å². The fourth-order valence-corrected chi connectivity index (χ4v) is 4.22. The molecule has 31 heavy (non-hydrogen) atoms. The molecule has 2 N–H and O–H groups in total. The smallest absolute Gasteiger partial charge is 0.342 e. The largest absolute Gasteiger partial charge is 0.418 e. The number of carbonyl (C=O) groups excluding carboxylic acids is 1. The Kier molecular flexibility index (Phi) is 6.15. The van der Waals surface area contributed by atoms with Crippen LogP contribution in [0.15, 0.2) is 48.5 Å². The SMILES string of the molecule is O=C(Nc1ccccc1C(F)(F)F)N(CCc1nc2ccccc2[nH]1)C1CCCCC1. The van der Waals surface area contributed by atoms with Crippen LogP contribution in [0, 0.1) is 0 Å². The van der Waals surface area contributed by atoms with Gasteiger partial charge >= 0.3 is 12.2 Å². The standard InChI is InChI=1S/C23H25F3N4O/c24-23(25,26)17-10-4-5-11-18(17)29-22(31)30(16-8-2-1-3-9-16)15-14-21-27-19-12-6-7-13-20(19)28-21/h4-7,10-13,16H,1-3,8-9,14-15H2,(H,27,28)(H,29,31). The maximum absolute atomic E-state index is 13.3. The second-order valence-corrected chi connectivity index (χ2v) is 7.91. The molecule has 4 rings (SSSR count). The highest BCUT2D eigenvalue weighted by Gasteiger charge is 2.34. The third-order valence-electron chi connectivity index (χ3n) is 5.78. The zero-order chi connectivity index (χ0) is 21.8. The maximum atomic E-state index is 13.3. The molecule has 0 spiro atoms. The summed E-state index contributed by atoms with van der Waals surface area (Å²) < 4.78 is 40.0. The third kappa shape index (κ3) is 5.00. The van der Waals surface area contributed by atoms with Crippen LogP contribution in [0.4, 0.5) is 23.7 Å². The molecule has 1 aliphatic rings. The molecule has 0 aliphatic heterocycles. The van der Waals surface area contributed by atoms with Crippen LogP contribution in [0.5, 0.6) is 0 Å². The first-order valence-electron chi connectivity index (χ1n) is 10.6. The van der Waals surface area contributed by atoms with E-state index in [-0.39, 0.29) is 11.7 Å². The molecule has 2 amide bonds. The quantitative estimate of drug-likeness (QED) is 0.522. The number of rotatable bonds is 5. The summed E-state index contributed by atoms with van der Waals surface area (Å²) in [4.78, 5) is 22.6. The molecule has 0 radical (unpaired) electrons. The van der Waals surface area contributed by atoms with E-state index in [2.05, 4.69) is 15.3 Å². The number of imidazole rings is 1. The molecule has 8 heteroatoms. The topological polar surface area (TPSA) is 61.0 Å². The number of hydrogen-bond acceptors (Lipinski definition) is 2. The van der Waals surface area contributed by atoms with Crippen LogP contribution in [0.25, 0.3) is 11.0 Å². The number of amides is 2. The highest BCUT2D eigenvalue weighted by Crippen LogP contribution is 2.35. The number of aromatic amines is 1. The van der Waals surface area contributed by atoms with Crippen molar-refractivity contribution in [2.24, 2.45) is 0 Å². The molecule has 1 fully saturated rings. The number of fused-ring (bicyclic) bond motifs is 1. The van der Waals surface area contributed by atoms with Crippen molar-refractivity contribution in [2.45, 2.75) is 50.7 Å². The molecule has 164 valence electrons. The number of H-pyrrole nitrogens is 1. The number of nitrogens with one attached hydrogen (secondary N) is 2. The highest BCUT2D eigenvalue weighted by molar-refractivity contribution is 5.90. The average molecular weight is 430 g/mol. The van der Waals surface area contributed by atoms with Crippen molar-refractivity contribution >= 4 is 22.8 Å². The fraction of sp³-hybridized carbons (Fsp3) is 0.391. The van der Waals surface area contributed by atoms with Crippen LogP contribution in [0.3, 0.4) is 0 Å². The Balaban J connectivity index is 1.52. The van der Waals surface area contributed by atoms with E-state index in [1.54, 1.807) is 4.90 Å². The highest BCUT2D eigenvalue weighted by atomic mass is 19.4. The van der Waals surface area contributed by atoms with Gasteiger partial charge in [0.1, 0.15) is 5.82 Å². The van der Waals surface area contributed by atoms with Crippen molar-refractivity contribution in [3.63, 3.8) is 0 Å². The summed E-state index contributed by atoms with van der Waals surface area (Å²) in [5, 5.41) is 2.51. The molecule has 0 saturated heterocycles. The summed E-state index contributed by atoms with van der Waals surface area (Å²) in [6.45, 7) is 0.379. The van der Waals surface area contributed by atoms with Gasteiger partial charge < -0.3 is 15.2 Å². The van der Waals surface area contributed by atoms with Crippen LogP contribution in [-0.2, 0) is 12.6 Å². The lowest BCUT2D eigenvalue weighted by atomic mass is 9.94. The van der Waals surface area contributed by atoms with Gasteiger partial charge in [0.2, 0.25) is 0 Å². The van der Waals surface area contributed by atoms with E-state index >= 15 is 0 Å². The van der Waals surface area contributed by atoms with Gasteiger partial charge in [-0.2, -0.15) is 13.2 Å². The Bertz CT molecular complexity index is 1010. The second kappa shape index (κ2) is 8.99. The Morgan fingerprint density at radius 3 is 2.52 bits per heavy atom. The van der Waals surface area contributed by atoms with E-state index in [0.717, 1.165) is 55.0 Å². The Hall–Kier alpha value is -3.03. The van der Waals surface area contributed by atoms with Crippen LogP contribution in [0.1, 0.15) is 43.5 Å². The first-order chi connectivity index (χ1) is 14.9. The number of aromatic nitrogens is 2. The number of urea groups is 1. The molecule has 5 nitrogen and oxygen atoms in total. The first kappa shape index (κ1) is 21.2. The predicted octanol–water partition coefficient (Wildman–Crippen LogP) is 5.99. The van der Waals surface area contributed by atoms with E-state index in [0.29, 0.717) is 13.0 Å². The lowest BCUT2D eigenvalue weighted by Gasteiger charge is -2.34. The first-order valence-corrected chi connectivity index (χ1v) is 10.6. The third-order valence-corrected chi connectivity index (χ3v) is 5.78. The number of hydrogen-bond donors (Lipinski definition) is 2. The Morgan fingerprint density at radius 2 is 1.77 bits per heavy atom. The lowest BCUT2D eigenvalue weighted by molar-refractivity contribution is -0.136. The summed E-state index contributed by atoms with van der Waals surface area (Å²) in [7, 11) is 0. The summed E-state index contributed by atoms with van der Waals surface area (Å²) in [5.74, 6) is 0.755. The van der Waals surface area contributed by atoms with Crippen LogP contribution >= 0.6 is 0 Å². The van der Waals surface area contributed by atoms with E-state index in [9.17, 15) is 18.0 Å². The number of alkyl halides is 3. The lowest BCUT2D eigenvalue weighted by Crippen LogP contribution is -2.45. The number of nitrogens with zero attached hydrogens (tertiary/aromatic N) is 2. The molecule has 2 aromatic carbocycles. The van der Waals surface area contributed by atoms with Gasteiger partial charge in [0, 0.05) is 19.0 Å². The van der Waals surface area contributed by atoms with Gasteiger partial charge in [0.25, 0.3) is 0 Å². The minimum Gasteiger partial charge on any atom is -0.342 e. The van der Waals surface area contributed by atoms with Crippen LogP contribution in [0.2, 0.25) is 0 Å². The predicted molar refractivity (Wildman–Crippen MR) is 114 cm³/mol. The molecule has 1 aliphatic carbocycles. The van der Waals surface area contributed by atoms with Gasteiger partial charge in [-0.3, -0.25) is 0 Å². The molecule has 1 saturated carbocycles. The van der Waals surface area contributed by atoms with E-state index in [1.165, 1.54) is 18.2 Å². The molecule has 1 aromatic heterocycles. The molecule has 0 unspecified atom stereocenters. The minimum absolute atomic E-state index is 0.0103. The van der Waals surface area contributed by atoms with Crippen molar-refractivity contribution in [1.29, 1.82) is 0 Å². The van der Waals surface area contributed by atoms with E-state index in [1.807, 2.05) is 24.3 Å². The Labute approximate surface area is 178 Å². The second-order valence-electron chi connectivity index (χ2n) is 7.91.